The number of aliphatic hydroxyl groups is 2. The van der Waals surface area contributed by atoms with Crippen LogP contribution in [0.1, 0.15) is 167 Å². The first-order chi connectivity index (χ1) is 27.9. The number of amides is 1. The highest BCUT2D eigenvalue weighted by molar-refractivity contribution is 6.67. The molecular formula is C44H72Cl3NO10. The van der Waals surface area contributed by atoms with Crippen LogP contribution in [0.2, 0.25) is 0 Å². The second kappa shape index (κ2) is 31.9. The molecule has 2 rings (SSSR count). The van der Waals surface area contributed by atoms with E-state index in [0.717, 1.165) is 50.5 Å². The van der Waals surface area contributed by atoms with Crippen molar-refractivity contribution in [2.24, 2.45) is 0 Å². The lowest BCUT2D eigenvalue weighted by Crippen LogP contribution is -2.65. The highest BCUT2D eigenvalue weighted by Crippen LogP contribution is 2.28. The summed E-state index contributed by atoms with van der Waals surface area (Å²) in [6.07, 6.45) is 15.5. The highest BCUT2D eigenvalue weighted by atomic mass is 35.6. The van der Waals surface area contributed by atoms with Crippen LogP contribution in [0.15, 0.2) is 30.3 Å². The fraction of sp³-hybridized carbons (Fsp3) is 0.795. The van der Waals surface area contributed by atoms with E-state index >= 15 is 0 Å². The first-order valence-corrected chi connectivity index (χ1v) is 23.1. The summed E-state index contributed by atoms with van der Waals surface area (Å²) in [5.74, 6) is -1.15. The number of rotatable bonds is 32. The second-order valence-corrected chi connectivity index (χ2v) is 18.1. The molecule has 0 radical (unpaired) electrons. The molecule has 6 atom stereocenters. The van der Waals surface area contributed by atoms with Gasteiger partial charge in [-0.1, -0.05) is 195 Å². The summed E-state index contributed by atoms with van der Waals surface area (Å²) >= 11 is 17.2. The molecule has 334 valence electrons. The minimum atomic E-state index is -1.90. The fourth-order valence-corrected chi connectivity index (χ4v) is 7.17. The molecule has 14 heteroatoms. The van der Waals surface area contributed by atoms with E-state index in [1.54, 1.807) is 0 Å². The standard InChI is InChI=1S/C44H72Cl3NO10/c1-3-5-7-9-11-13-14-16-18-20-25-29-37(49)56-35(28-24-19-17-15-12-10-8-6-4-2)30-38(50)58-41-39(48-43(53)55-33-44(45,46)47)42(52)57-36(40(41)51)32-54-31-34-26-22-21-23-27-34/h21-23,26-27,35-36,39-42,51-52H,3-20,24-25,28-33H2,1-2H3,(H,48,53)/t35-,36-,39-,40-,41-,42+/m1/s1. The number of carbonyl (C=O) groups is 3. The van der Waals surface area contributed by atoms with Gasteiger partial charge in [0, 0.05) is 6.42 Å². The molecule has 1 heterocycles. The van der Waals surface area contributed by atoms with Crippen LogP contribution in [0.4, 0.5) is 4.79 Å². The molecule has 1 fully saturated rings. The van der Waals surface area contributed by atoms with Gasteiger partial charge in [0.2, 0.25) is 3.79 Å². The Bertz CT molecular complexity index is 1220. The van der Waals surface area contributed by atoms with Crippen LogP contribution in [0.5, 0.6) is 0 Å². The van der Waals surface area contributed by atoms with E-state index < -0.39 is 59.2 Å². The monoisotopic (exact) mass is 879 g/mol. The number of nitrogens with one attached hydrogen (secondary N) is 1. The summed E-state index contributed by atoms with van der Waals surface area (Å²) in [5, 5.41) is 24.8. The number of aliphatic hydroxyl groups excluding tert-OH is 2. The molecule has 1 aliphatic rings. The van der Waals surface area contributed by atoms with Crippen molar-refractivity contribution < 1.29 is 48.3 Å². The van der Waals surface area contributed by atoms with Gasteiger partial charge in [0.1, 0.15) is 31.0 Å². The van der Waals surface area contributed by atoms with E-state index in [0.29, 0.717) is 12.8 Å². The number of alkyl halides is 3. The molecule has 1 amide bonds. The van der Waals surface area contributed by atoms with Crippen molar-refractivity contribution in [3.8, 4) is 0 Å². The predicted molar refractivity (Wildman–Crippen MR) is 229 cm³/mol. The molecule has 0 bridgehead atoms. The van der Waals surface area contributed by atoms with Gasteiger partial charge in [-0.2, -0.15) is 0 Å². The maximum atomic E-state index is 13.6. The number of esters is 2. The van der Waals surface area contributed by atoms with Crippen molar-refractivity contribution in [1.29, 1.82) is 0 Å². The van der Waals surface area contributed by atoms with E-state index in [4.69, 9.17) is 58.5 Å². The molecule has 1 aromatic rings. The normalized spacial score (nSPS) is 20.0. The maximum absolute atomic E-state index is 13.6. The zero-order valence-electron chi connectivity index (χ0n) is 35.0. The van der Waals surface area contributed by atoms with Crippen LogP contribution in [-0.2, 0) is 39.9 Å². The zero-order valence-corrected chi connectivity index (χ0v) is 37.3. The molecule has 11 nitrogen and oxygen atoms in total. The predicted octanol–water partition coefficient (Wildman–Crippen LogP) is 10.6. The lowest BCUT2D eigenvalue weighted by Gasteiger charge is -2.42. The Labute approximate surface area is 362 Å². The van der Waals surface area contributed by atoms with Crippen LogP contribution < -0.4 is 5.32 Å². The number of hydrogen-bond donors (Lipinski definition) is 3. The van der Waals surface area contributed by atoms with Gasteiger partial charge < -0.3 is 39.2 Å². The van der Waals surface area contributed by atoms with E-state index in [9.17, 15) is 24.6 Å². The van der Waals surface area contributed by atoms with Gasteiger partial charge in [-0.3, -0.25) is 9.59 Å². The van der Waals surface area contributed by atoms with Gasteiger partial charge in [-0.25, -0.2) is 4.79 Å². The van der Waals surface area contributed by atoms with E-state index in [1.165, 1.54) is 77.0 Å². The average Bonchev–Trinajstić information content (AvgIpc) is 3.18. The molecule has 1 saturated heterocycles. The molecule has 3 N–H and O–H groups in total. The first kappa shape index (κ1) is 52.3. The molecule has 1 aliphatic heterocycles. The molecule has 0 aliphatic carbocycles. The summed E-state index contributed by atoms with van der Waals surface area (Å²) in [6, 6.07) is 7.88. The van der Waals surface area contributed by atoms with Crippen molar-refractivity contribution >= 4 is 52.8 Å². The van der Waals surface area contributed by atoms with Crippen molar-refractivity contribution in [1.82, 2.24) is 5.32 Å². The molecule has 0 saturated carbocycles. The van der Waals surface area contributed by atoms with Gasteiger partial charge in [-0.05, 0) is 24.8 Å². The molecule has 58 heavy (non-hydrogen) atoms. The van der Waals surface area contributed by atoms with Gasteiger partial charge in [0.25, 0.3) is 0 Å². The number of ether oxygens (including phenoxy) is 5. The van der Waals surface area contributed by atoms with E-state index in [2.05, 4.69) is 19.2 Å². The number of carbonyl (C=O) groups excluding carboxylic acids is 3. The minimum absolute atomic E-state index is 0.163. The van der Waals surface area contributed by atoms with E-state index in [1.807, 2.05) is 30.3 Å². The molecule has 0 unspecified atom stereocenters. The third-order valence-electron chi connectivity index (χ3n) is 10.3. The SMILES string of the molecule is CCCCCCCCCCCCCC(=O)O[C@H](CCCCCCCCCCC)CC(=O)O[C@H]1[C@H](O)[C@@H](COCc2ccccc2)O[C@H](O)[C@@H]1NC(=O)OCC(Cl)(Cl)Cl. The Balaban J connectivity index is 2.03. The molecule has 0 spiro atoms. The summed E-state index contributed by atoms with van der Waals surface area (Å²) < 4.78 is 26.1. The Morgan fingerprint density at radius 2 is 1.29 bits per heavy atom. The summed E-state index contributed by atoms with van der Waals surface area (Å²) in [7, 11) is 0. The largest absolute Gasteiger partial charge is 0.462 e. The van der Waals surface area contributed by atoms with Crippen molar-refractivity contribution in [2.75, 3.05) is 13.2 Å². The summed E-state index contributed by atoms with van der Waals surface area (Å²) in [4.78, 5) is 39.3. The van der Waals surface area contributed by atoms with Crippen LogP contribution in [0, 0.1) is 0 Å². The summed E-state index contributed by atoms with van der Waals surface area (Å²) in [6.45, 7) is 3.86. The van der Waals surface area contributed by atoms with Crippen molar-refractivity contribution in [2.45, 2.75) is 209 Å². The number of benzene rings is 1. The fourth-order valence-electron chi connectivity index (χ4n) is 7.01. The Morgan fingerprint density at radius 1 is 0.759 bits per heavy atom. The highest BCUT2D eigenvalue weighted by Gasteiger charge is 2.48. The Hall–Kier alpha value is -1.86. The number of halogens is 3. The van der Waals surface area contributed by atoms with Crippen LogP contribution in [0.25, 0.3) is 0 Å². The average molecular weight is 881 g/mol. The Morgan fingerprint density at radius 3 is 1.84 bits per heavy atom. The van der Waals surface area contributed by atoms with Crippen LogP contribution >= 0.6 is 34.8 Å². The van der Waals surface area contributed by atoms with Gasteiger partial charge in [0.15, 0.2) is 12.4 Å². The number of unbranched alkanes of at least 4 members (excludes halogenated alkanes) is 18. The van der Waals surface area contributed by atoms with Gasteiger partial charge >= 0.3 is 18.0 Å². The zero-order chi connectivity index (χ0) is 42.4. The second-order valence-electron chi connectivity index (χ2n) is 15.6. The minimum Gasteiger partial charge on any atom is -0.462 e. The molecule has 0 aromatic heterocycles. The topological polar surface area (TPSA) is 150 Å². The van der Waals surface area contributed by atoms with Crippen LogP contribution in [-0.4, -0.2) is 82.0 Å². The smallest absolute Gasteiger partial charge is 0.407 e. The number of alkyl carbamates (subject to hydrolysis) is 1. The van der Waals surface area contributed by atoms with Crippen LogP contribution in [0.3, 0.4) is 0 Å². The van der Waals surface area contributed by atoms with Gasteiger partial charge in [-0.15, -0.1) is 0 Å². The summed E-state index contributed by atoms with van der Waals surface area (Å²) in [5.41, 5.74) is 0.878. The van der Waals surface area contributed by atoms with Crippen molar-refractivity contribution in [3.63, 3.8) is 0 Å². The van der Waals surface area contributed by atoms with Crippen molar-refractivity contribution in [3.05, 3.63) is 35.9 Å². The number of hydrogen-bond acceptors (Lipinski definition) is 10. The third kappa shape index (κ3) is 25.0. The third-order valence-corrected chi connectivity index (χ3v) is 10.6. The first-order valence-electron chi connectivity index (χ1n) is 22.0. The molecule has 1 aromatic carbocycles. The lowest BCUT2D eigenvalue weighted by atomic mass is 9.96. The quantitative estimate of drug-likeness (QED) is 0.0276. The lowest BCUT2D eigenvalue weighted by molar-refractivity contribution is -0.261. The molecular weight excluding hydrogens is 809 g/mol. The van der Waals surface area contributed by atoms with Gasteiger partial charge in [0.05, 0.1) is 19.6 Å². The maximum Gasteiger partial charge on any atom is 0.407 e. The van der Waals surface area contributed by atoms with E-state index in [-0.39, 0.29) is 32.0 Å². The Kier molecular flexibility index (Phi) is 28.8.